The van der Waals surface area contributed by atoms with E-state index in [9.17, 15) is 0 Å². The first-order valence-electron chi connectivity index (χ1n) is 17.2. The van der Waals surface area contributed by atoms with Gasteiger partial charge in [0.25, 0.3) is 0 Å². The molecule has 0 fully saturated rings. The van der Waals surface area contributed by atoms with E-state index in [1.807, 2.05) is 30.6 Å². The molecule has 0 atom stereocenters. The second kappa shape index (κ2) is 11.9. The average molecular weight is 654 g/mol. The van der Waals surface area contributed by atoms with Crippen molar-refractivity contribution in [2.45, 2.75) is 0 Å². The van der Waals surface area contributed by atoms with E-state index in [4.69, 9.17) is 9.97 Å². The molecule has 0 aliphatic rings. The van der Waals surface area contributed by atoms with E-state index in [0.717, 1.165) is 39.4 Å². The summed E-state index contributed by atoms with van der Waals surface area (Å²) in [5.41, 5.74) is 10.9. The molecule has 10 rings (SSSR count). The van der Waals surface area contributed by atoms with Crippen molar-refractivity contribution in [2.75, 3.05) is 4.90 Å². The highest BCUT2D eigenvalue weighted by atomic mass is 15.3. The van der Waals surface area contributed by atoms with Crippen LogP contribution in [0.2, 0.25) is 0 Å². The quantitative estimate of drug-likeness (QED) is 0.179. The zero-order valence-electron chi connectivity index (χ0n) is 27.6. The number of nitrogens with zero attached hydrogens (tertiary/aromatic N) is 5. The second-order valence-electron chi connectivity index (χ2n) is 12.7. The molecule has 0 radical (unpaired) electrons. The highest BCUT2D eigenvalue weighted by molar-refractivity contribution is 6.11. The first kappa shape index (κ1) is 29.0. The summed E-state index contributed by atoms with van der Waals surface area (Å²) in [6.45, 7) is 0. The Hall–Kier alpha value is -6.98. The predicted octanol–water partition coefficient (Wildman–Crippen LogP) is 11.8. The molecule has 5 heteroatoms. The van der Waals surface area contributed by atoms with Crippen molar-refractivity contribution in [3.8, 4) is 22.5 Å². The summed E-state index contributed by atoms with van der Waals surface area (Å²) in [5.74, 6) is 0.602. The summed E-state index contributed by atoms with van der Waals surface area (Å²) in [4.78, 5) is 12.1. The van der Waals surface area contributed by atoms with Gasteiger partial charge in [0.15, 0.2) is 0 Å². The summed E-state index contributed by atoms with van der Waals surface area (Å²) >= 11 is 0. The normalized spacial score (nSPS) is 11.5. The van der Waals surface area contributed by atoms with Gasteiger partial charge >= 0.3 is 0 Å². The van der Waals surface area contributed by atoms with Crippen molar-refractivity contribution in [2.24, 2.45) is 0 Å². The molecule has 0 unspecified atom stereocenters. The summed E-state index contributed by atoms with van der Waals surface area (Å²) in [6.07, 6.45) is 3.83. The first-order valence-corrected chi connectivity index (χ1v) is 17.2. The van der Waals surface area contributed by atoms with Crippen molar-refractivity contribution in [3.63, 3.8) is 0 Å². The standard InChI is InChI=1S/C46H31N5/c1-3-13-32(14-4-1)33-30-47-46(48-31-33)49(35-23-25-36(26-24-35)51-42-20-10-7-17-38(42)39-18-8-11-21-43(39)51)37-27-28-45-41(29-37)40-19-9-12-22-44(40)50(45)34-15-5-2-6-16-34/h1-31H. The van der Waals surface area contributed by atoms with Crippen molar-refractivity contribution < 1.29 is 0 Å². The van der Waals surface area contributed by atoms with Crippen molar-refractivity contribution in [1.82, 2.24) is 19.1 Å². The molecular formula is C46H31N5. The molecule has 0 saturated heterocycles. The summed E-state index contributed by atoms with van der Waals surface area (Å²) in [5, 5.41) is 4.85. The Labute approximate surface area is 294 Å². The van der Waals surface area contributed by atoms with Crippen LogP contribution >= 0.6 is 0 Å². The molecule has 0 saturated carbocycles. The van der Waals surface area contributed by atoms with E-state index in [-0.39, 0.29) is 0 Å². The van der Waals surface area contributed by atoms with Gasteiger partial charge in [0.1, 0.15) is 0 Å². The van der Waals surface area contributed by atoms with Gasteiger partial charge in [-0.3, -0.25) is 4.90 Å². The number of benzene rings is 7. The minimum absolute atomic E-state index is 0.602. The lowest BCUT2D eigenvalue weighted by molar-refractivity contribution is 1.08. The van der Waals surface area contributed by atoms with Gasteiger partial charge in [-0.2, -0.15) is 0 Å². The molecule has 51 heavy (non-hydrogen) atoms. The highest BCUT2D eigenvalue weighted by Crippen LogP contribution is 2.40. The number of hydrogen-bond donors (Lipinski definition) is 0. The maximum Gasteiger partial charge on any atom is 0.234 e. The summed E-state index contributed by atoms with van der Waals surface area (Å²) in [7, 11) is 0. The smallest absolute Gasteiger partial charge is 0.234 e. The predicted molar refractivity (Wildman–Crippen MR) is 211 cm³/mol. The minimum Gasteiger partial charge on any atom is -0.309 e. The average Bonchev–Trinajstić information content (AvgIpc) is 3.72. The Kier molecular flexibility index (Phi) is 6.74. The second-order valence-corrected chi connectivity index (χ2v) is 12.7. The van der Waals surface area contributed by atoms with Crippen LogP contribution in [-0.2, 0) is 0 Å². The third kappa shape index (κ3) is 4.78. The number of hydrogen-bond acceptors (Lipinski definition) is 3. The van der Waals surface area contributed by atoms with Crippen LogP contribution in [0, 0.1) is 0 Å². The Morgan fingerprint density at radius 2 is 0.804 bits per heavy atom. The van der Waals surface area contributed by atoms with Crippen LogP contribution < -0.4 is 4.90 Å². The van der Waals surface area contributed by atoms with E-state index in [0.29, 0.717) is 5.95 Å². The third-order valence-corrected chi connectivity index (χ3v) is 9.82. The third-order valence-electron chi connectivity index (χ3n) is 9.82. The fraction of sp³-hybridized carbons (Fsp3) is 0. The van der Waals surface area contributed by atoms with Gasteiger partial charge in [0, 0.05) is 62.3 Å². The topological polar surface area (TPSA) is 38.9 Å². The van der Waals surface area contributed by atoms with Gasteiger partial charge in [-0.05, 0) is 78.4 Å². The van der Waals surface area contributed by atoms with Gasteiger partial charge < -0.3 is 9.13 Å². The maximum absolute atomic E-state index is 4.96. The van der Waals surface area contributed by atoms with E-state index >= 15 is 0 Å². The van der Waals surface area contributed by atoms with E-state index < -0.39 is 0 Å². The van der Waals surface area contributed by atoms with Gasteiger partial charge in [-0.1, -0.05) is 103 Å². The molecule has 240 valence electrons. The van der Waals surface area contributed by atoms with E-state index in [2.05, 4.69) is 172 Å². The van der Waals surface area contributed by atoms with Crippen LogP contribution in [-0.4, -0.2) is 19.1 Å². The van der Waals surface area contributed by atoms with Gasteiger partial charge in [0.05, 0.1) is 22.1 Å². The highest BCUT2D eigenvalue weighted by Gasteiger charge is 2.20. The monoisotopic (exact) mass is 653 g/mol. The Balaban J connectivity index is 1.14. The fourth-order valence-electron chi connectivity index (χ4n) is 7.50. The summed E-state index contributed by atoms with van der Waals surface area (Å²) < 4.78 is 4.68. The van der Waals surface area contributed by atoms with Crippen LogP contribution in [0.15, 0.2) is 188 Å². The molecule has 10 aromatic rings. The van der Waals surface area contributed by atoms with Gasteiger partial charge in [-0.15, -0.1) is 0 Å². The van der Waals surface area contributed by atoms with E-state index in [1.54, 1.807) is 0 Å². The molecular weight excluding hydrogens is 623 g/mol. The molecule has 3 aromatic heterocycles. The van der Waals surface area contributed by atoms with Gasteiger partial charge in [0.2, 0.25) is 5.95 Å². The number of aromatic nitrogens is 4. The molecule has 0 spiro atoms. The van der Waals surface area contributed by atoms with Crippen LogP contribution in [0.3, 0.4) is 0 Å². The maximum atomic E-state index is 4.96. The molecule has 5 nitrogen and oxygen atoms in total. The minimum atomic E-state index is 0.602. The molecule has 0 N–H and O–H groups in total. The van der Waals surface area contributed by atoms with Crippen LogP contribution in [0.1, 0.15) is 0 Å². The molecule has 0 aliphatic carbocycles. The lowest BCUT2D eigenvalue weighted by atomic mass is 10.1. The number of rotatable bonds is 6. The fourth-order valence-corrected chi connectivity index (χ4v) is 7.50. The Morgan fingerprint density at radius 3 is 1.39 bits per heavy atom. The molecule has 7 aromatic carbocycles. The van der Waals surface area contributed by atoms with Crippen molar-refractivity contribution in [3.05, 3.63) is 188 Å². The molecule has 0 amide bonds. The number of para-hydroxylation sites is 4. The van der Waals surface area contributed by atoms with Crippen molar-refractivity contribution in [1.29, 1.82) is 0 Å². The summed E-state index contributed by atoms with van der Waals surface area (Å²) in [6, 6.07) is 62.0. The van der Waals surface area contributed by atoms with E-state index in [1.165, 1.54) is 38.1 Å². The van der Waals surface area contributed by atoms with Crippen LogP contribution in [0.25, 0.3) is 66.1 Å². The zero-order valence-corrected chi connectivity index (χ0v) is 27.6. The lowest BCUT2D eigenvalue weighted by Crippen LogP contribution is -2.13. The zero-order chi connectivity index (χ0) is 33.7. The largest absolute Gasteiger partial charge is 0.309 e. The number of anilines is 3. The Morgan fingerprint density at radius 1 is 0.353 bits per heavy atom. The van der Waals surface area contributed by atoms with Crippen molar-refractivity contribution >= 4 is 60.9 Å². The lowest BCUT2D eigenvalue weighted by Gasteiger charge is -2.24. The first-order chi connectivity index (χ1) is 25.3. The van der Waals surface area contributed by atoms with Gasteiger partial charge in [-0.25, -0.2) is 9.97 Å². The molecule has 0 bridgehead atoms. The molecule has 0 aliphatic heterocycles. The van der Waals surface area contributed by atoms with Crippen LogP contribution in [0.4, 0.5) is 17.3 Å². The Bertz CT molecular complexity index is 2780. The number of fused-ring (bicyclic) bond motifs is 6. The molecule has 3 heterocycles. The SMILES string of the molecule is c1ccc(-c2cnc(N(c3ccc(-n4c5ccccc5c5ccccc54)cc3)c3ccc4c(c3)c3ccccc3n4-c3ccccc3)nc2)cc1. The van der Waals surface area contributed by atoms with Crippen LogP contribution in [0.5, 0.6) is 0 Å².